The molecule has 3 rings (SSSR count). The summed E-state index contributed by atoms with van der Waals surface area (Å²) in [7, 11) is 0. The molecule has 1 aromatic carbocycles. The Morgan fingerprint density at radius 2 is 1.73 bits per heavy atom. The highest BCUT2D eigenvalue weighted by Crippen LogP contribution is 2.38. The van der Waals surface area contributed by atoms with Gasteiger partial charge in [0.15, 0.2) is 11.5 Å². The second-order valence-corrected chi connectivity index (χ2v) is 5.08. The van der Waals surface area contributed by atoms with Crippen LogP contribution in [0, 0.1) is 5.41 Å². The van der Waals surface area contributed by atoms with Gasteiger partial charge in [0.2, 0.25) is 0 Å². The van der Waals surface area contributed by atoms with Gasteiger partial charge in [-0.3, -0.25) is 0 Å². The van der Waals surface area contributed by atoms with Gasteiger partial charge in [0.25, 0.3) is 0 Å². The first kappa shape index (κ1) is 9.48. The maximum atomic E-state index is 5.75. The van der Waals surface area contributed by atoms with E-state index in [0.717, 1.165) is 29.2 Å². The smallest absolute Gasteiger partial charge is 0.162 e. The quantitative estimate of drug-likeness (QED) is 0.724. The van der Waals surface area contributed by atoms with Gasteiger partial charge in [-0.1, -0.05) is 15.9 Å². The van der Waals surface area contributed by atoms with Crippen molar-refractivity contribution in [3.8, 4) is 11.5 Å². The molecule has 15 heavy (non-hydrogen) atoms. The molecule has 0 atom stereocenters. The van der Waals surface area contributed by atoms with Gasteiger partial charge in [-0.05, 0) is 18.2 Å². The van der Waals surface area contributed by atoms with E-state index < -0.39 is 0 Å². The molecule has 0 aromatic heterocycles. The fourth-order valence-corrected chi connectivity index (χ4v) is 2.11. The topological polar surface area (TPSA) is 27.7 Å². The van der Waals surface area contributed by atoms with Gasteiger partial charge in [0, 0.05) is 4.47 Å². The molecule has 80 valence electrons. The van der Waals surface area contributed by atoms with E-state index >= 15 is 0 Å². The van der Waals surface area contributed by atoms with E-state index in [2.05, 4.69) is 15.9 Å². The third kappa shape index (κ3) is 1.62. The van der Waals surface area contributed by atoms with Crippen molar-refractivity contribution in [3.63, 3.8) is 0 Å². The summed E-state index contributed by atoms with van der Waals surface area (Å²) in [5.74, 6) is 1.63. The van der Waals surface area contributed by atoms with Crippen LogP contribution in [0.3, 0.4) is 0 Å². The highest BCUT2D eigenvalue weighted by atomic mass is 79.9. The third-order valence-electron chi connectivity index (χ3n) is 2.79. The molecule has 4 heteroatoms. The molecule has 0 aliphatic carbocycles. The van der Waals surface area contributed by atoms with Gasteiger partial charge >= 0.3 is 0 Å². The fourth-order valence-electron chi connectivity index (χ4n) is 1.77. The Kier molecular flexibility index (Phi) is 2.14. The highest BCUT2D eigenvalue weighted by Gasteiger charge is 2.42. The van der Waals surface area contributed by atoms with Crippen LogP contribution in [0.5, 0.6) is 11.5 Å². The average molecular weight is 271 g/mol. The summed E-state index contributed by atoms with van der Waals surface area (Å²) in [6, 6.07) is 5.82. The molecule has 0 amide bonds. The van der Waals surface area contributed by atoms with Crippen molar-refractivity contribution in [2.24, 2.45) is 5.41 Å². The number of fused-ring (bicyclic) bond motifs is 1. The molecule has 3 nitrogen and oxygen atoms in total. The van der Waals surface area contributed by atoms with Crippen LogP contribution in [-0.4, -0.2) is 26.4 Å². The lowest BCUT2D eigenvalue weighted by Crippen LogP contribution is -2.50. The van der Waals surface area contributed by atoms with Crippen LogP contribution in [0.4, 0.5) is 0 Å². The lowest BCUT2D eigenvalue weighted by molar-refractivity contribution is -0.143. The monoisotopic (exact) mass is 270 g/mol. The summed E-state index contributed by atoms with van der Waals surface area (Å²) in [6.45, 7) is 2.84. The molecule has 1 saturated heterocycles. The standard InChI is InChI=1S/C11H11BrO3/c12-8-1-2-9-10(3-8)15-7-11(6-14-9)4-13-5-11/h1-3H,4-7H2. The van der Waals surface area contributed by atoms with Gasteiger partial charge < -0.3 is 14.2 Å². The second-order valence-electron chi connectivity index (χ2n) is 4.16. The van der Waals surface area contributed by atoms with Gasteiger partial charge in [0.1, 0.15) is 13.2 Å². The third-order valence-corrected chi connectivity index (χ3v) is 3.28. The molecule has 2 heterocycles. The van der Waals surface area contributed by atoms with E-state index in [9.17, 15) is 0 Å². The van der Waals surface area contributed by atoms with Crippen LogP contribution in [-0.2, 0) is 4.74 Å². The van der Waals surface area contributed by atoms with Crippen molar-refractivity contribution in [1.82, 2.24) is 0 Å². The maximum Gasteiger partial charge on any atom is 0.162 e. The zero-order valence-corrected chi connectivity index (χ0v) is 9.75. The van der Waals surface area contributed by atoms with E-state index in [1.54, 1.807) is 0 Å². The molecule has 0 unspecified atom stereocenters. The Balaban J connectivity index is 1.88. The fraction of sp³-hybridized carbons (Fsp3) is 0.455. The predicted octanol–water partition coefficient (Wildman–Crippen LogP) is 2.24. The van der Waals surface area contributed by atoms with Crippen LogP contribution < -0.4 is 9.47 Å². The lowest BCUT2D eigenvalue weighted by atomic mass is 9.88. The Morgan fingerprint density at radius 3 is 2.40 bits per heavy atom. The molecule has 1 spiro atoms. The Bertz CT molecular complexity index is 387. The van der Waals surface area contributed by atoms with E-state index in [1.807, 2.05) is 18.2 Å². The number of ether oxygens (including phenoxy) is 3. The zero-order chi connectivity index (χ0) is 10.3. The average Bonchev–Trinajstić information content (AvgIpc) is 2.36. The Morgan fingerprint density at radius 1 is 1.00 bits per heavy atom. The molecule has 0 saturated carbocycles. The largest absolute Gasteiger partial charge is 0.489 e. The molecule has 0 N–H and O–H groups in total. The Hall–Kier alpha value is -0.740. The molecule has 2 aliphatic rings. The van der Waals surface area contributed by atoms with Gasteiger partial charge in [-0.2, -0.15) is 0 Å². The van der Waals surface area contributed by atoms with Crippen molar-refractivity contribution in [3.05, 3.63) is 22.7 Å². The minimum atomic E-state index is 0.0749. The molecular formula is C11H11BrO3. The second kappa shape index (κ2) is 3.39. The summed E-state index contributed by atoms with van der Waals surface area (Å²) in [5.41, 5.74) is 0.0749. The van der Waals surface area contributed by atoms with Crippen molar-refractivity contribution in [2.75, 3.05) is 26.4 Å². The van der Waals surface area contributed by atoms with Crippen molar-refractivity contribution < 1.29 is 14.2 Å². The first-order valence-electron chi connectivity index (χ1n) is 4.90. The van der Waals surface area contributed by atoms with Crippen LogP contribution in [0.25, 0.3) is 0 Å². The predicted molar refractivity (Wildman–Crippen MR) is 58.4 cm³/mol. The molecule has 2 aliphatic heterocycles. The van der Waals surface area contributed by atoms with Gasteiger partial charge in [-0.15, -0.1) is 0 Å². The minimum absolute atomic E-state index is 0.0749. The molecule has 1 fully saturated rings. The summed E-state index contributed by atoms with van der Waals surface area (Å²) < 4.78 is 17.7. The van der Waals surface area contributed by atoms with Gasteiger partial charge in [0.05, 0.1) is 18.6 Å². The number of hydrogen-bond acceptors (Lipinski definition) is 3. The van der Waals surface area contributed by atoms with Crippen LogP contribution in [0.15, 0.2) is 22.7 Å². The first-order valence-corrected chi connectivity index (χ1v) is 5.70. The van der Waals surface area contributed by atoms with Gasteiger partial charge in [-0.25, -0.2) is 0 Å². The number of benzene rings is 1. The molecular weight excluding hydrogens is 260 g/mol. The summed E-state index contributed by atoms with van der Waals surface area (Å²) >= 11 is 3.42. The van der Waals surface area contributed by atoms with E-state index in [4.69, 9.17) is 14.2 Å². The molecule has 0 bridgehead atoms. The summed E-state index contributed by atoms with van der Waals surface area (Å²) in [6.07, 6.45) is 0. The summed E-state index contributed by atoms with van der Waals surface area (Å²) in [4.78, 5) is 0. The zero-order valence-electron chi connectivity index (χ0n) is 8.16. The van der Waals surface area contributed by atoms with Crippen LogP contribution in [0.1, 0.15) is 0 Å². The van der Waals surface area contributed by atoms with Crippen LogP contribution in [0.2, 0.25) is 0 Å². The van der Waals surface area contributed by atoms with Crippen LogP contribution >= 0.6 is 15.9 Å². The van der Waals surface area contributed by atoms with E-state index in [-0.39, 0.29) is 5.41 Å². The normalized spacial score (nSPS) is 21.9. The molecule has 0 radical (unpaired) electrons. The van der Waals surface area contributed by atoms with Crippen molar-refractivity contribution in [1.29, 1.82) is 0 Å². The summed E-state index contributed by atoms with van der Waals surface area (Å²) in [5, 5.41) is 0. The van der Waals surface area contributed by atoms with E-state index in [1.165, 1.54) is 0 Å². The number of rotatable bonds is 0. The lowest BCUT2D eigenvalue weighted by Gasteiger charge is -2.38. The minimum Gasteiger partial charge on any atom is -0.489 e. The van der Waals surface area contributed by atoms with Crippen molar-refractivity contribution >= 4 is 15.9 Å². The highest BCUT2D eigenvalue weighted by molar-refractivity contribution is 9.10. The maximum absolute atomic E-state index is 5.75. The van der Waals surface area contributed by atoms with Crippen molar-refractivity contribution in [2.45, 2.75) is 0 Å². The Labute approximate surface area is 96.5 Å². The molecule has 1 aromatic rings. The SMILES string of the molecule is Brc1ccc2c(c1)OCC1(COC1)CO2. The number of halogens is 1. The first-order chi connectivity index (χ1) is 7.27. The number of hydrogen-bond donors (Lipinski definition) is 0. The van der Waals surface area contributed by atoms with E-state index in [0.29, 0.717) is 13.2 Å².